The molecule has 0 N–H and O–H groups in total. The molecule has 10 heteroatoms. The molecule has 0 aliphatic rings. The number of halogens is 3. The lowest BCUT2D eigenvalue weighted by Gasteiger charge is -2.10. The van der Waals surface area contributed by atoms with Gasteiger partial charge < -0.3 is 13.9 Å². The van der Waals surface area contributed by atoms with Gasteiger partial charge in [-0.2, -0.15) is 8.78 Å². The molecule has 6 nitrogen and oxygen atoms in total. The molecule has 0 saturated heterocycles. The molecule has 152 valence electrons. The van der Waals surface area contributed by atoms with E-state index in [9.17, 15) is 13.6 Å². The molecule has 0 aliphatic carbocycles. The van der Waals surface area contributed by atoms with Crippen LogP contribution in [-0.2, 0) is 6.61 Å². The van der Waals surface area contributed by atoms with E-state index in [0.717, 1.165) is 17.3 Å². The minimum atomic E-state index is -3.02. The summed E-state index contributed by atoms with van der Waals surface area (Å²) in [7, 11) is 0. The number of carbonyl (C=O) groups is 1. The van der Waals surface area contributed by atoms with Crippen LogP contribution in [0.2, 0.25) is 5.02 Å². The highest BCUT2D eigenvalue weighted by atomic mass is 35.5. The second-order valence-corrected chi connectivity index (χ2v) is 7.10. The average Bonchev–Trinajstić information content (AvgIpc) is 3.14. The summed E-state index contributed by atoms with van der Waals surface area (Å²) < 4.78 is 40.4. The van der Waals surface area contributed by atoms with Crippen LogP contribution in [0.25, 0.3) is 0 Å². The van der Waals surface area contributed by atoms with Crippen LogP contribution in [0.1, 0.15) is 21.8 Å². The topological polar surface area (TPSA) is 74.5 Å². The summed E-state index contributed by atoms with van der Waals surface area (Å²) in [5.41, 5.74) is 0.816. The van der Waals surface area contributed by atoms with Crippen molar-refractivity contribution in [1.29, 1.82) is 0 Å². The normalized spacial score (nSPS) is 10.9. The van der Waals surface area contributed by atoms with Crippen LogP contribution in [0.5, 0.6) is 11.5 Å². The van der Waals surface area contributed by atoms with Gasteiger partial charge in [-0.3, -0.25) is 4.79 Å². The maximum atomic E-state index is 12.5. The van der Waals surface area contributed by atoms with E-state index in [1.165, 1.54) is 12.1 Å². The summed E-state index contributed by atoms with van der Waals surface area (Å²) >= 11 is 6.99. The van der Waals surface area contributed by atoms with E-state index < -0.39 is 12.4 Å². The molecule has 0 unspecified atom stereocenters. The Bertz CT molecular complexity index is 1000. The molecule has 2 aromatic carbocycles. The lowest BCUT2D eigenvalue weighted by molar-refractivity contribution is -0.0501. The fourth-order valence-corrected chi connectivity index (χ4v) is 3.18. The zero-order valence-electron chi connectivity index (χ0n) is 15.1. The van der Waals surface area contributed by atoms with Crippen LogP contribution >= 0.6 is 23.4 Å². The summed E-state index contributed by atoms with van der Waals surface area (Å²) in [6.07, 6.45) is 0. The fourth-order valence-electron chi connectivity index (χ4n) is 2.32. The van der Waals surface area contributed by atoms with Gasteiger partial charge >= 0.3 is 6.61 Å². The molecule has 0 fully saturated rings. The van der Waals surface area contributed by atoms with Crippen molar-refractivity contribution >= 4 is 29.1 Å². The third kappa shape index (κ3) is 5.91. The van der Waals surface area contributed by atoms with Crippen LogP contribution in [0.4, 0.5) is 8.78 Å². The first-order valence-electron chi connectivity index (χ1n) is 8.33. The van der Waals surface area contributed by atoms with Crippen molar-refractivity contribution in [3.05, 3.63) is 64.5 Å². The van der Waals surface area contributed by atoms with E-state index in [1.54, 1.807) is 37.3 Å². The molecule has 29 heavy (non-hydrogen) atoms. The number of aromatic nitrogens is 2. The SMILES string of the molecule is Cc1ccc(OC(F)F)c(C(=O)CSc2nnc(COc3ccccc3Cl)o2)c1. The molecule has 1 aromatic heterocycles. The van der Waals surface area contributed by atoms with Gasteiger partial charge in [0.25, 0.3) is 11.1 Å². The van der Waals surface area contributed by atoms with Crippen LogP contribution in [0.3, 0.4) is 0 Å². The standard InChI is InChI=1S/C19H15ClF2N2O4S/c1-11-6-7-15(27-18(21)22)12(8-11)14(25)10-29-19-24-23-17(28-19)9-26-16-5-3-2-4-13(16)20/h2-8,18H,9-10H2,1H3. The third-order valence-corrected chi connectivity index (χ3v) is 4.75. The number of ether oxygens (including phenoxy) is 2. The van der Waals surface area contributed by atoms with Crippen LogP contribution in [0.15, 0.2) is 52.1 Å². The van der Waals surface area contributed by atoms with E-state index in [2.05, 4.69) is 14.9 Å². The van der Waals surface area contributed by atoms with Crippen molar-refractivity contribution in [3.63, 3.8) is 0 Å². The monoisotopic (exact) mass is 440 g/mol. The van der Waals surface area contributed by atoms with Crippen molar-refractivity contribution in [2.45, 2.75) is 25.4 Å². The average molecular weight is 441 g/mol. The van der Waals surface area contributed by atoms with Gasteiger partial charge in [0.1, 0.15) is 11.5 Å². The van der Waals surface area contributed by atoms with E-state index in [1.807, 2.05) is 0 Å². The van der Waals surface area contributed by atoms with E-state index >= 15 is 0 Å². The van der Waals surface area contributed by atoms with Crippen molar-refractivity contribution in [2.75, 3.05) is 5.75 Å². The van der Waals surface area contributed by atoms with Gasteiger partial charge in [0.2, 0.25) is 0 Å². The predicted molar refractivity (Wildman–Crippen MR) is 103 cm³/mol. The summed E-state index contributed by atoms with van der Waals surface area (Å²) in [4.78, 5) is 12.5. The lowest BCUT2D eigenvalue weighted by Crippen LogP contribution is -2.10. The second-order valence-electron chi connectivity index (χ2n) is 5.77. The van der Waals surface area contributed by atoms with E-state index in [4.69, 9.17) is 20.8 Å². The Labute approximate surface area is 174 Å². The van der Waals surface area contributed by atoms with E-state index in [0.29, 0.717) is 10.8 Å². The molecule has 1 heterocycles. The Balaban J connectivity index is 1.59. The van der Waals surface area contributed by atoms with Gasteiger partial charge in [-0.25, -0.2) is 0 Å². The smallest absolute Gasteiger partial charge is 0.387 e. The Morgan fingerprint density at radius 2 is 2.00 bits per heavy atom. The highest BCUT2D eigenvalue weighted by molar-refractivity contribution is 7.99. The summed E-state index contributed by atoms with van der Waals surface area (Å²) in [5, 5.41) is 8.28. The summed E-state index contributed by atoms with van der Waals surface area (Å²) in [5.74, 6) is 0.0210. The van der Waals surface area contributed by atoms with Gasteiger partial charge in [-0.1, -0.05) is 47.1 Å². The number of benzene rings is 2. The molecular formula is C19H15ClF2N2O4S. The number of hydrogen-bond donors (Lipinski definition) is 0. The number of nitrogens with zero attached hydrogens (tertiary/aromatic N) is 2. The fraction of sp³-hybridized carbons (Fsp3) is 0.211. The first-order chi connectivity index (χ1) is 13.9. The van der Waals surface area contributed by atoms with Gasteiger partial charge in [-0.05, 0) is 31.2 Å². The zero-order valence-corrected chi connectivity index (χ0v) is 16.7. The molecule has 3 aromatic rings. The molecule has 3 rings (SSSR count). The highest BCUT2D eigenvalue weighted by Gasteiger charge is 2.18. The minimum Gasteiger partial charge on any atom is -0.482 e. The molecule has 0 atom stereocenters. The molecule has 0 spiro atoms. The summed E-state index contributed by atoms with van der Waals surface area (Å²) in [6, 6.07) is 11.4. The first-order valence-corrected chi connectivity index (χ1v) is 9.70. The zero-order chi connectivity index (χ0) is 20.8. The minimum absolute atomic E-state index is 0.00942. The van der Waals surface area contributed by atoms with Gasteiger partial charge in [0, 0.05) is 0 Å². The molecule has 0 bridgehead atoms. The van der Waals surface area contributed by atoms with Crippen molar-refractivity contribution in [2.24, 2.45) is 0 Å². The van der Waals surface area contributed by atoms with Crippen LogP contribution in [0, 0.1) is 6.92 Å². The number of rotatable bonds is 9. The number of ketones is 1. The van der Waals surface area contributed by atoms with Gasteiger partial charge in [-0.15, -0.1) is 10.2 Å². The third-order valence-electron chi connectivity index (χ3n) is 3.61. The highest BCUT2D eigenvalue weighted by Crippen LogP contribution is 2.27. The lowest BCUT2D eigenvalue weighted by atomic mass is 10.1. The molecule has 0 saturated carbocycles. The molecule has 0 radical (unpaired) electrons. The number of Topliss-reactive ketones (excluding diaryl/α,β-unsaturated/α-hetero) is 1. The number of hydrogen-bond acceptors (Lipinski definition) is 7. The second kappa shape index (κ2) is 9.71. The van der Waals surface area contributed by atoms with Gasteiger partial charge in [0.15, 0.2) is 12.4 Å². The maximum Gasteiger partial charge on any atom is 0.387 e. The molecule has 0 aliphatic heterocycles. The Hall–Kier alpha value is -2.65. The largest absolute Gasteiger partial charge is 0.482 e. The Kier molecular flexibility index (Phi) is 7.05. The molecule has 0 amide bonds. The Morgan fingerprint density at radius 3 is 2.76 bits per heavy atom. The molecular weight excluding hydrogens is 426 g/mol. The number of para-hydroxylation sites is 1. The van der Waals surface area contributed by atoms with Crippen molar-refractivity contribution < 1.29 is 27.5 Å². The maximum absolute atomic E-state index is 12.5. The Morgan fingerprint density at radius 1 is 1.21 bits per heavy atom. The van der Waals surface area contributed by atoms with Gasteiger partial charge in [0.05, 0.1) is 16.3 Å². The van der Waals surface area contributed by atoms with Crippen molar-refractivity contribution in [3.8, 4) is 11.5 Å². The first kappa shape index (κ1) is 21.1. The predicted octanol–water partition coefficient (Wildman–Crippen LogP) is 5.19. The van der Waals surface area contributed by atoms with Crippen LogP contribution in [-0.4, -0.2) is 28.3 Å². The number of carbonyl (C=O) groups excluding carboxylic acids is 1. The number of aryl methyl sites for hydroxylation is 1. The number of thioether (sulfide) groups is 1. The van der Waals surface area contributed by atoms with E-state index in [-0.39, 0.29) is 34.8 Å². The van der Waals surface area contributed by atoms with Crippen molar-refractivity contribution in [1.82, 2.24) is 10.2 Å². The number of alkyl halides is 2. The summed E-state index contributed by atoms with van der Waals surface area (Å²) in [6.45, 7) is -1.26. The van der Waals surface area contributed by atoms with Crippen LogP contribution < -0.4 is 9.47 Å². The quantitative estimate of drug-likeness (QED) is 0.335.